The van der Waals surface area contributed by atoms with Gasteiger partial charge < -0.3 is 20.9 Å². The number of nitrogens with two attached hydrogens (primary N) is 1. The molecule has 2 saturated carbocycles. The molecule has 4 aliphatic rings. The fraction of sp³-hybridized carbons (Fsp3) is 0.714. The van der Waals surface area contributed by atoms with Crippen molar-refractivity contribution in [1.82, 2.24) is 15.1 Å². The summed E-state index contributed by atoms with van der Waals surface area (Å²) in [5.41, 5.74) is 8.56. The van der Waals surface area contributed by atoms with Crippen LogP contribution in [-0.2, 0) is 0 Å². The van der Waals surface area contributed by atoms with E-state index in [0.717, 1.165) is 82.4 Å². The molecule has 3 N–H and O–H groups in total. The number of urea groups is 1. The number of hydrogen-bond donors (Lipinski definition) is 2. The number of nitrogens with one attached hydrogen (secondary N) is 1. The van der Waals surface area contributed by atoms with Gasteiger partial charge in [0.2, 0.25) is 0 Å². The van der Waals surface area contributed by atoms with E-state index < -0.39 is 6.03 Å². The third kappa shape index (κ3) is 5.65. The van der Waals surface area contributed by atoms with Gasteiger partial charge in [-0.3, -0.25) is 14.6 Å². The quantitative estimate of drug-likeness (QED) is 0.653. The first-order valence-electron chi connectivity index (χ1n) is 14.3. The highest BCUT2D eigenvalue weighted by Gasteiger charge is 2.32. The average Bonchev–Trinajstić information content (AvgIpc) is 2.94. The highest BCUT2D eigenvalue weighted by Crippen LogP contribution is 2.37. The van der Waals surface area contributed by atoms with E-state index in [1.54, 1.807) is 0 Å². The summed E-state index contributed by atoms with van der Waals surface area (Å²) in [4.78, 5) is 35.1. The second-order valence-electron chi connectivity index (χ2n) is 11.1. The lowest BCUT2D eigenvalue weighted by Gasteiger charge is -2.43. The van der Waals surface area contributed by atoms with Crippen molar-refractivity contribution in [2.24, 2.45) is 5.73 Å². The predicted molar refractivity (Wildman–Crippen MR) is 145 cm³/mol. The average molecular weight is 497 g/mol. The van der Waals surface area contributed by atoms with Crippen LogP contribution < -0.4 is 20.9 Å². The summed E-state index contributed by atoms with van der Waals surface area (Å²) in [5.74, 6) is 0.0412. The van der Waals surface area contributed by atoms with Gasteiger partial charge >= 0.3 is 6.03 Å². The van der Waals surface area contributed by atoms with Crippen molar-refractivity contribution < 1.29 is 9.59 Å². The monoisotopic (exact) mass is 496 g/mol. The van der Waals surface area contributed by atoms with Gasteiger partial charge in [-0.05, 0) is 43.9 Å². The van der Waals surface area contributed by atoms with E-state index in [1.165, 1.54) is 38.5 Å². The topological polar surface area (TPSA) is 85.1 Å². The molecule has 36 heavy (non-hydrogen) atoms. The summed E-state index contributed by atoms with van der Waals surface area (Å²) in [6.45, 7) is 7.02. The molecule has 0 spiro atoms. The first kappa shape index (κ1) is 25.3. The third-order valence-electron chi connectivity index (χ3n) is 8.81. The van der Waals surface area contributed by atoms with Crippen molar-refractivity contribution in [2.45, 2.75) is 76.3 Å². The molecule has 1 aromatic rings. The predicted octanol–water partition coefficient (Wildman–Crippen LogP) is 3.40. The Morgan fingerprint density at radius 1 is 0.833 bits per heavy atom. The summed E-state index contributed by atoms with van der Waals surface area (Å²) >= 11 is 0. The van der Waals surface area contributed by atoms with Crippen LogP contribution in [-0.4, -0.2) is 86.2 Å². The van der Waals surface area contributed by atoms with Crippen LogP contribution in [0.1, 0.15) is 74.6 Å². The van der Waals surface area contributed by atoms with E-state index in [4.69, 9.17) is 5.73 Å². The minimum absolute atomic E-state index is 0.0412. The lowest BCUT2D eigenvalue weighted by molar-refractivity contribution is 0.0735. The van der Waals surface area contributed by atoms with E-state index in [9.17, 15) is 9.59 Å². The summed E-state index contributed by atoms with van der Waals surface area (Å²) < 4.78 is 0. The Hall–Kier alpha value is -2.32. The molecule has 5 rings (SSSR count). The van der Waals surface area contributed by atoms with Crippen molar-refractivity contribution in [3.63, 3.8) is 0 Å². The summed E-state index contributed by atoms with van der Waals surface area (Å²) in [6.07, 6.45) is 12.1. The van der Waals surface area contributed by atoms with Crippen LogP contribution in [0, 0.1) is 0 Å². The Kier molecular flexibility index (Phi) is 8.32. The molecule has 2 saturated heterocycles. The molecule has 0 radical (unpaired) electrons. The van der Waals surface area contributed by atoms with Crippen molar-refractivity contribution in [1.29, 1.82) is 0 Å². The molecule has 4 fully saturated rings. The van der Waals surface area contributed by atoms with E-state index in [0.29, 0.717) is 18.7 Å². The Bertz CT molecular complexity index is 897. The number of anilines is 2. The maximum Gasteiger partial charge on any atom is 0.319 e. The number of hydrogen-bond acceptors (Lipinski definition) is 5. The molecule has 8 heteroatoms. The molecule has 2 heterocycles. The molecule has 1 aromatic carbocycles. The van der Waals surface area contributed by atoms with Crippen LogP contribution in [0.4, 0.5) is 16.2 Å². The second-order valence-corrected chi connectivity index (χ2v) is 11.1. The van der Waals surface area contributed by atoms with Crippen LogP contribution in [0.2, 0.25) is 0 Å². The number of carbonyl (C=O) groups is 2. The van der Waals surface area contributed by atoms with Crippen LogP contribution in [0.5, 0.6) is 0 Å². The molecule has 0 atom stereocenters. The molecular weight excluding hydrogens is 452 g/mol. The first-order chi connectivity index (χ1) is 17.6. The van der Waals surface area contributed by atoms with Gasteiger partial charge in [0, 0.05) is 70.0 Å². The first-order valence-corrected chi connectivity index (χ1v) is 14.3. The molecule has 2 aliphatic heterocycles. The van der Waals surface area contributed by atoms with Gasteiger partial charge in [0.1, 0.15) is 0 Å². The molecule has 0 unspecified atom stereocenters. The molecule has 3 amide bonds. The highest BCUT2D eigenvalue weighted by atomic mass is 16.2. The largest absolute Gasteiger partial charge is 0.367 e. The second kappa shape index (κ2) is 11.8. The Morgan fingerprint density at radius 2 is 1.47 bits per heavy atom. The summed E-state index contributed by atoms with van der Waals surface area (Å²) in [7, 11) is 0. The van der Waals surface area contributed by atoms with Crippen molar-refractivity contribution in [2.75, 3.05) is 62.2 Å². The minimum Gasteiger partial charge on any atom is -0.367 e. The minimum atomic E-state index is -0.407. The zero-order valence-electron chi connectivity index (χ0n) is 21.8. The normalized spacial score (nSPS) is 23.0. The van der Waals surface area contributed by atoms with Gasteiger partial charge in [0.25, 0.3) is 5.91 Å². The van der Waals surface area contributed by atoms with Crippen LogP contribution in [0.15, 0.2) is 18.2 Å². The fourth-order valence-electron chi connectivity index (χ4n) is 6.78. The van der Waals surface area contributed by atoms with Crippen LogP contribution in [0.3, 0.4) is 0 Å². The van der Waals surface area contributed by atoms with Crippen molar-refractivity contribution >= 4 is 23.3 Å². The maximum absolute atomic E-state index is 13.4. The standard InChI is InChI=1S/C28H44N6O2/c29-28(36)34(24-9-5-2-6-10-24)26-21-22(27(35)33-15-13-30-14-16-33)11-12-25(26)32-19-17-31(18-20-32)23-7-3-1-4-8-23/h11-12,21,23-24,30H,1-10,13-20H2,(H2,29,36). The number of carbonyl (C=O) groups excluding carboxylic acids is 2. The Morgan fingerprint density at radius 3 is 2.11 bits per heavy atom. The third-order valence-corrected chi connectivity index (χ3v) is 8.81. The SMILES string of the molecule is NC(=O)N(c1cc(C(=O)N2CCNCC2)ccc1N1CCN(C2CCCCC2)CC1)C1CCCCC1. The molecule has 0 aromatic heterocycles. The van der Waals surface area contributed by atoms with Gasteiger partial charge in [0.05, 0.1) is 11.4 Å². The van der Waals surface area contributed by atoms with Crippen molar-refractivity contribution in [3.05, 3.63) is 23.8 Å². The maximum atomic E-state index is 13.4. The molecular formula is C28H44N6O2. The number of benzene rings is 1. The van der Waals surface area contributed by atoms with Gasteiger partial charge in [0.15, 0.2) is 0 Å². The molecule has 0 bridgehead atoms. The Balaban J connectivity index is 1.41. The lowest BCUT2D eigenvalue weighted by Crippen LogP contribution is -2.52. The van der Waals surface area contributed by atoms with Crippen LogP contribution in [0.25, 0.3) is 0 Å². The van der Waals surface area contributed by atoms with E-state index in [2.05, 4.69) is 21.2 Å². The Labute approximate surface area is 216 Å². The molecule has 8 nitrogen and oxygen atoms in total. The lowest BCUT2D eigenvalue weighted by atomic mass is 9.93. The van der Waals surface area contributed by atoms with Gasteiger partial charge in [-0.25, -0.2) is 4.79 Å². The van der Waals surface area contributed by atoms with E-state index in [1.807, 2.05) is 21.9 Å². The highest BCUT2D eigenvalue weighted by molar-refractivity contribution is 6.00. The summed E-state index contributed by atoms with van der Waals surface area (Å²) in [6, 6.07) is 6.39. The molecule has 198 valence electrons. The number of rotatable bonds is 5. The molecule has 2 aliphatic carbocycles. The fourth-order valence-corrected chi connectivity index (χ4v) is 6.78. The zero-order valence-corrected chi connectivity index (χ0v) is 21.8. The number of piperazine rings is 2. The van der Waals surface area contributed by atoms with Gasteiger partial charge in [-0.2, -0.15) is 0 Å². The smallest absolute Gasteiger partial charge is 0.319 e. The van der Waals surface area contributed by atoms with Gasteiger partial charge in [-0.15, -0.1) is 0 Å². The number of amides is 3. The number of primary amides is 1. The summed E-state index contributed by atoms with van der Waals surface area (Å²) in [5, 5.41) is 3.31. The van der Waals surface area contributed by atoms with E-state index >= 15 is 0 Å². The van der Waals surface area contributed by atoms with Crippen molar-refractivity contribution in [3.8, 4) is 0 Å². The van der Waals surface area contributed by atoms with Crippen LogP contribution >= 0.6 is 0 Å². The van der Waals surface area contributed by atoms with E-state index in [-0.39, 0.29) is 11.9 Å². The number of nitrogens with zero attached hydrogens (tertiary/aromatic N) is 4. The zero-order chi connectivity index (χ0) is 24.9. The van der Waals surface area contributed by atoms with Gasteiger partial charge in [-0.1, -0.05) is 38.5 Å².